The van der Waals surface area contributed by atoms with Crippen LogP contribution in [0.2, 0.25) is 0 Å². The summed E-state index contributed by atoms with van der Waals surface area (Å²) in [5.74, 6) is 0.909. The molecule has 1 saturated heterocycles. The number of benzene rings is 1. The molecule has 172 valence electrons. The van der Waals surface area contributed by atoms with Gasteiger partial charge >= 0.3 is 0 Å². The first-order chi connectivity index (χ1) is 15.6. The molecule has 0 saturated carbocycles. The Hall–Kier alpha value is -2.41. The maximum absolute atomic E-state index is 5.53. The molecule has 32 heavy (non-hydrogen) atoms. The molecule has 1 aliphatic rings. The van der Waals surface area contributed by atoms with E-state index in [2.05, 4.69) is 63.7 Å². The molecule has 0 radical (unpaired) electrons. The first kappa shape index (κ1) is 22.8. The molecule has 2 aromatic heterocycles. The van der Waals surface area contributed by atoms with Crippen molar-refractivity contribution in [2.75, 3.05) is 46.5 Å². The van der Waals surface area contributed by atoms with Gasteiger partial charge in [-0.1, -0.05) is 6.07 Å². The van der Waals surface area contributed by atoms with Gasteiger partial charge in [-0.25, -0.2) is 0 Å². The number of rotatable bonds is 10. The fourth-order valence-corrected chi connectivity index (χ4v) is 4.53. The number of nitrogens with zero attached hydrogens (tertiary/aromatic N) is 4. The number of methoxy groups -OCH3 is 1. The lowest BCUT2D eigenvalue weighted by atomic mass is 10.1. The van der Waals surface area contributed by atoms with Crippen molar-refractivity contribution in [3.63, 3.8) is 0 Å². The molecular formula is C26H36N4O2. The standard InChI is InChI=1S/C26H36N4O2/c1-21(2)30-20-23(25-16-24(31-3)7-8-26(25)30)19-29(18-22-6-4-9-27-17-22)11-5-10-28-12-14-32-15-13-28/h4,6-9,16-17,20-21H,5,10-15,18-19H2,1-3H3. The summed E-state index contributed by atoms with van der Waals surface area (Å²) in [6.07, 6.45) is 7.30. The average Bonchev–Trinajstić information content (AvgIpc) is 3.18. The number of ether oxygens (including phenoxy) is 2. The summed E-state index contributed by atoms with van der Waals surface area (Å²) in [6, 6.07) is 11.0. The monoisotopic (exact) mass is 436 g/mol. The minimum Gasteiger partial charge on any atom is -0.497 e. The quantitative estimate of drug-likeness (QED) is 0.473. The van der Waals surface area contributed by atoms with Gasteiger partial charge in [0.25, 0.3) is 0 Å². The van der Waals surface area contributed by atoms with Gasteiger partial charge in [0.2, 0.25) is 0 Å². The molecular weight excluding hydrogens is 400 g/mol. The highest BCUT2D eigenvalue weighted by Crippen LogP contribution is 2.29. The Balaban J connectivity index is 1.54. The van der Waals surface area contributed by atoms with E-state index in [1.165, 1.54) is 22.0 Å². The number of hydrogen-bond acceptors (Lipinski definition) is 5. The minimum absolute atomic E-state index is 0.410. The van der Waals surface area contributed by atoms with Gasteiger partial charge in [-0.3, -0.25) is 14.8 Å². The zero-order chi connectivity index (χ0) is 22.3. The molecule has 0 unspecified atom stereocenters. The Morgan fingerprint density at radius 1 is 1.16 bits per heavy atom. The van der Waals surface area contributed by atoms with Crippen LogP contribution >= 0.6 is 0 Å². The molecule has 0 aliphatic carbocycles. The first-order valence-electron chi connectivity index (χ1n) is 11.7. The molecule has 4 rings (SSSR count). The highest BCUT2D eigenvalue weighted by molar-refractivity contribution is 5.85. The summed E-state index contributed by atoms with van der Waals surface area (Å²) in [6.45, 7) is 12.3. The third-order valence-electron chi connectivity index (χ3n) is 6.25. The minimum atomic E-state index is 0.410. The Kier molecular flexibility index (Phi) is 7.79. The summed E-state index contributed by atoms with van der Waals surface area (Å²) >= 11 is 0. The molecule has 6 nitrogen and oxygen atoms in total. The van der Waals surface area contributed by atoms with Crippen molar-refractivity contribution in [1.29, 1.82) is 0 Å². The number of morpholine rings is 1. The maximum atomic E-state index is 5.53. The van der Waals surface area contributed by atoms with Crippen molar-refractivity contribution < 1.29 is 9.47 Å². The van der Waals surface area contributed by atoms with Crippen molar-refractivity contribution >= 4 is 10.9 Å². The largest absolute Gasteiger partial charge is 0.497 e. The maximum Gasteiger partial charge on any atom is 0.119 e. The van der Waals surface area contributed by atoms with Gasteiger partial charge in [-0.2, -0.15) is 0 Å². The molecule has 0 atom stereocenters. The smallest absolute Gasteiger partial charge is 0.119 e. The molecule has 6 heteroatoms. The van der Waals surface area contributed by atoms with Crippen LogP contribution in [0.25, 0.3) is 10.9 Å². The second-order valence-corrected chi connectivity index (χ2v) is 8.92. The fourth-order valence-electron chi connectivity index (χ4n) is 4.53. The molecule has 1 aliphatic heterocycles. The van der Waals surface area contributed by atoms with E-state index in [1.54, 1.807) is 7.11 Å². The molecule has 0 spiro atoms. The van der Waals surface area contributed by atoms with Crippen molar-refractivity contribution in [3.8, 4) is 5.75 Å². The predicted octanol–water partition coefficient (Wildman–Crippen LogP) is 4.35. The van der Waals surface area contributed by atoms with Crippen LogP contribution in [0.3, 0.4) is 0 Å². The summed E-state index contributed by atoms with van der Waals surface area (Å²) in [4.78, 5) is 9.40. The SMILES string of the molecule is COc1ccc2c(c1)c(CN(CCCN1CCOCC1)Cc1cccnc1)cn2C(C)C. The summed E-state index contributed by atoms with van der Waals surface area (Å²) in [7, 11) is 1.74. The lowest BCUT2D eigenvalue weighted by molar-refractivity contribution is 0.0359. The summed E-state index contributed by atoms with van der Waals surface area (Å²) in [5.41, 5.74) is 3.87. The molecule has 3 heterocycles. The molecule has 0 bridgehead atoms. The lowest BCUT2D eigenvalue weighted by Gasteiger charge is -2.28. The van der Waals surface area contributed by atoms with Crippen molar-refractivity contribution in [1.82, 2.24) is 19.4 Å². The number of fused-ring (bicyclic) bond motifs is 1. The third kappa shape index (κ3) is 5.68. The van der Waals surface area contributed by atoms with E-state index in [1.807, 2.05) is 18.5 Å². The number of pyridine rings is 1. The van der Waals surface area contributed by atoms with Crippen LogP contribution in [-0.2, 0) is 17.8 Å². The van der Waals surface area contributed by atoms with Crippen molar-refractivity contribution in [3.05, 3.63) is 60.0 Å². The number of aromatic nitrogens is 2. The second-order valence-electron chi connectivity index (χ2n) is 8.92. The van der Waals surface area contributed by atoms with Crippen LogP contribution < -0.4 is 4.74 Å². The molecule has 1 fully saturated rings. The Labute approximate surface area is 191 Å². The van der Waals surface area contributed by atoms with Gasteiger partial charge in [-0.15, -0.1) is 0 Å². The van der Waals surface area contributed by atoms with Crippen molar-refractivity contribution in [2.45, 2.75) is 39.4 Å². The topological polar surface area (TPSA) is 42.8 Å². The van der Waals surface area contributed by atoms with Gasteiger partial charge < -0.3 is 14.0 Å². The van der Waals surface area contributed by atoms with E-state index < -0.39 is 0 Å². The third-order valence-corrected chi connectivity index (χ3v) is 6.25. The zero-order valence-electron chi connectivity index (χ0n) is 19.7. The van der Waals surface area contributed by atoms with Gasteiger partial charge in [0, 0.05) is 68.3 Å². The highest BCUT2D eigenvalue weighted by atomic mass is 16.5. The van der Waals surface area contributed by atoms with E-state index in [4.69, 9.17) is 9.47 Å². The first-order valence-corrected chi connectivity index (χ1v) is 11.7. The second kappa shape index (κ2) is 10.9. The summed E-state index contributed by atoms with van der Waals surface area (Å²) in [5, 5.41) is 1.28. The normalized spacial score (nSPS) is 15.2. The molecule has 1 aromatic carbocycles. The highest BCUT2D eigenvalue weighted by Gasteiger charge is 2.16. The predicted molar refractivity (Wildman–Crippen MR) is 129 cm³/mol. The average molecular weight is 437 g/mol. The van der Waals surface area contributed by atoms with E-state index in [0.717, 1.165) is 64.7 Å². The Bertz CT molecular complexity index is 980. The Morgan fingerprint density at radius 3 is 2.72 bits per heavy atom. The van der Waals surface area contributed by atoms with Crippen LogP contribution in [0, 0.1) is 0 Å². The van der Waals surface area contributed by atoms with E-state index >= 15 is 0 Å². The van der Waals surface area contributed by atoms with Gasteiger partial charge in [0.1, 0.15) is 5.75 Å². The molecule has 3 aromatic rings. The fraction of sp³-hybridized carbons (Fsp3) is 0.500. The van der Waals surface area contributed by atoms with Crippen LogP contribution in [-0.4, -0.2) is 65.9 Å². The molecule has 0 N–H and O–H groups in total. The van der Waals surface area contributed by atoms with Crippen LogP contribution in [0.4, 0.5) is 0 Å². The Morgan fingerprint density at radius 2 is 2.00 bits per heavy atom. The van der Waals surface area contributed by atoms with E-state index in [9.17, 15) is 0 Å². The van der Waals surface area contributed by atoms with Crippen LogP contribution in [0.1, 0.15) is 37.4 Å². The zero-order valence-corrected chi connectivity index (χ0v) is 19.7. The van der Waals surface area contributed by atoms with Crippen LogP contribution in [0.5, 0.6) is 5.75 Å². The number of hydrogen-bond donors (Lipinski definition) is 0. The molecule has 0 amide bonds. The van der Waals surface area contributed by atoms with E-state index in [-0.39, 0.29) is 0 Å². The summed E-state index contributed by atoms with van der Waals surface area (Å²) < 4.78 is 13.4. The lowest BCUT2D eigenvalue weighted by Crippen LogP contribution is -2.38. The van der Waals surface area contributed by atoms with Gasteiger partial charge in [0.05, 0.1) is 20.3 Å². The van der Waals surface area contributed by atoms with E-state index in [0.29, 0.717) is 6.04 Å². The van der Waals surface area contributed by atoms with Gasteiger partial charge in [0.15, 0.2) is 0 Å². The van der Waals surface area contributed by atoms with Gasteiger partial charge in [-0.05, 0) is 62.2 Å². The van der Waals surface area contributed by atoms with Crippen LogP contribution in [0.15, 0.2) is 48.9 Å². The van der Waals surface area contributed by atoms with Crippen molar-refractivity contribution in [2.24, 2.45) is 0 Å².